The zero-order valence-corrected chi connectivity index (χ0v) is 19.7. The number of urea groups is 1. The molecule has 0 unspecified atom stereocenters. The normalized spacial score (nSPS) is 24.6. The SMILES string of the molecule is COC(=O)[C@@H]1[C@H](CN(C(=O)OC(C)(C)C)C2CC2)C[C@@H]2CN1C(=O)N2OCc1ccccc1. The zero-order valence-electron chi connectivity index (χ0n) is 19.7. The summed E-state index contributed by atoms with van der Waals surface area (Å²) in [7, 11) is 1.32. The summed E-state index contributed by atoms with van der Waals surface area (Å²) in [5.41, 5.74) is 0.340. The lowest BCUT2D eigenvalue weighted by molar-refractivity contribution is -0.150. The molecule has 2 aliphatic heterocycles. The molecular formula is C24H33N3O6. The number of carbonyl (C=O) groups is 3. The Morgan fingerprint density at radius 1 is 1.15 bits per heavy atom. The Balaban J connectivity index is 1.51. The van der Waals surface area contributed by atoms with Crippen LogP contribution in [0.5, 0.6) is 0 Å². The third-order valence-electron chi connectivity index (χ3n) is 6.23. The van der Waals surface area contributed by atoms with Gasteiger partial charge in [0.2, 0.25) is 0 Å². The molecule has 3 atom stereocenters. The van der Waals surface area contributed by atoms with Gasteiger partial charge in [0, 0.05) is 25.0 Å². The van der Waals surface area contributed by atoms with Gasteiger partial charge in [-0.15, -0.1) is 0 Å². The minimum absolute atomic E-state index is 0.105. The summed E-state index contributed by atoms with van der Waals surface area (Å²) >= 11 is 0. The fraction of sp³-hybridized carbons (Fsp3) is 0.625. The minimum Gasteiger partial charge on any atom is -0.467 e. The molecule has 1 aromatic rings. The highest BCUT2D eigenvalue weighted by molar-refractivity contribution is 5.86. The van der Waals surface area contributed by atoms with Crippen LogP contribution < -0.4 is 0 Å². The van der Waals surface area contributed by atoms with Gasteiger partial charge in [-0.2, -0.15) is 5.06 Å². The van der Waals surface area contributed by atoms with Gasteiger partial charge in [-0.1, -0.05) is 30.3 Å². The third kappa shape index (κ3) is 5.24. The maximum absolute atomic E-state index is 13.2. The first-order chi connectivity index (χ1) is 15.7. The van der Waals surface area contributed by atoms with Crippen LogP contribution in [0.4, 0.5) is 9.59 Å². The summed E-state index contributed by atoms with van der Waals surface area (Å²) in [4.78, 5) is 47.9. The van der Waals surface area contributed by atoms with Crippen molar-refractivity contribution in [2.45, 2.75) is 70.4 Å². The highest BCUT2D eigenvalue weighted by Crippen LogP contribution is 2.37. The van der Waals surface area contributed by atoms with Crippen molar-refractivity contribution in [1.29, 1.82) is 0 Å². The van der Waals surface area contributed by atoms with E-state index in [0.717, 1.165) is 18.4 Å². The first kappa shape index (κ1) is 23.4. The number of fused-ring (bicyclic) bond motifs is 2. The monoisotopic (exact) mass is 459 g/mol. The largest absolute Gasteiger partial charge is 0.467 e. The quantitative estimate of drug-likeness (QED) is 0.582. The smallest absolute Gasteiger partial charge is 0.410 e. The first-order valence-corrected chi connectivity index (χ1v) is 11.5. The number of hydrogen-bond acceptors (Lipinski definition) is 6. The van der Waals surface area contributed by atoms with E-state index in [1.807, 2.05) is 51.1 Å². The number of hydroxylamine groups is 2. The summed E-state index contributed by atoms with van der Waals surface area (Å²) < 4.78 is 10.7. The van der Waals surface area contributed by atoms with Gasteiger partial charge in [-0.05, 0) is 45.6 Å². The van der Waals surface area contributed by atoms with Crippen molar-refractivity contribution in [3.8, 4) is 0 Å². The number of piperidine rings is 1. The molecule has 3 aliphatic rings. The summed E-state index contributed by atoms with van der Waals surface area (Å²) in [5.74, 6) is -0.754. The Morgan fingerprint density at radius 3 is 2.45 bits per heavy atom. The van der Waals surface area contributed by atoms with E-state index in [9.17, 15) is 14.4 Å². The fourth-order valence-corrected chi connectivity index (χ4v) is 4.62. The molecule has 1 aromatic carbocycles. The molecule has 1 aliphatic carbocycles. The predicted octanol–water partition coefficient (Wildman–Crippen LogP) is 3.19. The molecule has 180 valence electrons. The maximum atomic E-state index is 13.2. The van der Waals surface area contributed by atoms with Crippen LogP contribution in [0.25, 0.3) is 0 Å². The lowest BCUT2D eigenvalue weighted by Crippen LogP contribution is -2.55. The number of methoxy groups -OCH3 is 1. The second-order valence-electron chi connectivity index (χ2n) is 10.0. The average molecular weight is 460 g/mol. The van der Waals surface area contributed by atoms with Crippen molar-refractivity contribution in [1.82, 2.24) is 14.9 Å². The molecule has 4 rings (SSSR count). The van der Waals surface area contributed by atoms with E-state index in [1.54, 1.807) is 4.90 Å². The van der Waals surface area contributed by atoms with E-state index < -0.39 is 17.6 Å². The molecule has 0 aromatic heterocycles. The lowest BCUT2D eigenvalue weighted by atomic mass is 9.87. The van der Waals surface area contributed by atoms with E-state index in [1.165, 1.54) is 17.1 Å². The summed E-state index contributed by atoms with van der Waals surface area (Å²) in [6.45, 7) is 6.48. The van der Waals surface area contributed by atoms with Crippen LogP contribution in [0, 0.1) is 5.92 Å². The van der Waals surface area contributed by atoms with Gasteiger partial charge in [0.1, 0.15) is 18.2 Å². The summed E-state index contributed by atoms with van der Waals surface area (Å²) in [6, 6.07) is 8.41. The van der Waals surface area contributed by atoms with Gasteiger partial charge in [0.15, 0.2) is 0 Å². The van der Waals surface area contributed by atoms with Crippen LogP contribution >= 0.6 is 0 Å². The molecule has 3 fully saturated rings. The van der Waals surface area contributed by atoms with Crippen molar-refractivity contribution in [2.75, 3.05) is 20.2 Å². The molecular weight excluding hydrogens is 426 g/mol. The molecule has 9 nitrogen and oxygen atoms in total. The van der Waals surface area contributed by atoms with Crippen LogP contribution in [0.15, 0.2) is 30.3 Å². The van der Waals surface area contributed by atoms with Crippen LogP contribution in [-0.2, 0) is 25.7 Å². The summed E-state index contributed by atoms with van der Waals surface area (Å²) in [6.07, 6.45) is 1.97. The molecule has 1 saturated carbocycles. The number of nitrogens with zero attached hydrogens (tertiary/aromatic N) is 3. The Kier molecular flexibility index (Phi) is 6.52. The first-order valence-electron chi connectivity index (χ1n) is 11.5. The topological polar surface area (TPSA) is 88.6 Å². The van der Waals surface area contributed by atoms with Crippen molar-refractivity contribution >= 4 is 18.1 Å². The molecule has 0 spiro atoms. The van der Waals surface area contributed by atoms with E-state index in [4.69, 9.17) is 14.3 Å². The Hall–Kier alpha value is -2.81. The molecule has 33 heavy (non-hydrogen) atoms. The number of benzene rings is 1. The predicted molar refractivity (Wildman–Crippen MR) is 119 cm³/mol. The fourth-order valence-electron chi connectivity index (χ4n) is 4.62. The summed E-state index contributed by atoms with van der Waals surface area (Å²) in [5, 5.41) is 1.39. The number of amides is 3. The van der Waals surface area contributed by atoms with Crippen LogP contribution in [0.3, 0.4) is 0 Å². The molecule has 0 radical (unpaired) electrons. The Morgan fingerprint density at radius 2 is 1.85 bits per heavy atom. The van der Waals surface area contributed by atoms with Crippen LogP contribution in [-0.4, -0.2) is 76.9 Å². The molecule has 3 amide bonds. The van der Waals surface area contributed by atoms with Crippen molar-refractivity contribution < 1.29 is 28.7 Å². The Labute approximate surface area is 194 Å². The number of ether oxygens (including phenoxy) is 2. The van der Waals surface area contributed by atoms with Gasteiger partial charge in [0.25, 0.3) is 0 Å². The van der Waals surface area contributed by atoms with Gasteiger partial charge in [-0.25, -0.2) is 14.4 Å². The Bertz CT molecular complexity index is 882. The lowest BCUT2D eigenvalue weighted by Gasteiger charge is -2.38. The molecule has 2 saturated heterocycles. The van der Waals surface area contributed by atoms with Crippen LogP contribution in [0.2, 0.25) is 0 Å². The minimum atomic E-state index is -0.771. The highest BCUT2D eigenvalue weighted by atomic mass is 16.7. The van der Waals surface area contributed by atoms with Gasteiger partial charge in [-0.3, -0.25) is 4.84 Å². The molecule has 2 bridgehead atoms. The highest BCUT2D eigenvalue weighted by Gasteiger charge is 2.54. The average Bonchev–Trinajstić information content (AvgIpc) is 3.57. The third-order valence-corrected chi connectivity index (χ3v) is 6.23. The number of hydrogen-bond donors (Lipinski definition) is 0. The van der Waals surface area contributed by atoms with Crippen LogP contribution in [0.1, 0.15) is 45.6 Å². The molecule has 9 heteroatoms. The standard InChI is InChI=1S/C24H33N3O6/c1-24(2,3)33-23(30)25(18-10-11-18)13-17-12-19-14-26(20(17)21(28)31-4)22(29)27(19)32-15-16-8-6-5-7-9-16/h5-9,17-20H,10-15H2,1-4H3/t17-,19+,20-/m0/s1. The van der Waals surface area contributed by atoms with Gasteiger partial charge >= 0.3 is 18.1 Å². The van der Waals surface area contributed by atoms with E-state index in [0.29, 0.717) is 19.5 Å². The van der Waals surface area contributed by atoms with Crippen molar-refractivity contribution in [3.05, 3.63) is 35.9 Å². The second-order valence-corrected chi connectivity index (χ2v) is 10.0. The van der Waals surface area contributed by atoms with Gasteiger partial charge < -0.3 is 19.3 Å². The van der Waals surface area contributed by atoms with Crippen molar-refractivity contribution in [3.63, 3.8) is 0 Å². The number of carbonyl (C=O) groups excluding carboxylic acids is 3. The molecule has 0 N–H and O–H groups in total. The number of rotatable bonds is 7. The number of esters is 1. The van der Waals surface area contributed by atoms with E-state index in [-0.39, 0.29) is 36.7 Å². The van der Waals surface area contributed by atoms with E-state index >= 15 is 0 Å². The van der Waals surface area contributed by atoms with E-state index in [2.05, 4.69) is 0 Å². The van der Waals surface area contributed by atoms with Crippen molar-refractivity contribution in [2.24, 2.45) is 5.92 Å². The van der Waals surface area contributed by atoms with Gasteiger partial charge in [0.05, 0.1) is 13.2 Å². The zero-order chi connectivity index (χ0) is 23.8. The molecule has 2 heterocycles. The second kappa shape index (κ2) is 9.21. The maximum Gasteiger partial charge on any atom is 0.410 e.